The van der Waals surface area contributed by atoms with E-state index in [4.69, 9.17) is 10.5 Å². The van der Waals surface area contributed by atoms with E-state index in [9.17, 15) is 5.11 Å². The third-order valence-electron chi connectivity index (χ3n) is 3.65. The van der Waals surface area contributed by atoms with E-state index in [1.807, 2.05) is 30.3 Å². The molecule has 4 heteroatoms. The highest BCUT2D eigenvalue weighted by Crippen LogP contribution is 2.07. The first-order valence-electron chi connectivity index (χ1n) is 7.04. The Morgan fingerprint density at radius 3 is 2.63 bits per heavy atom. The molecular formula is C15H24N2O2. The van der Waals surface area contributed by atoms with E-state index in [1.165, 1.54) is 5.56 Å². The molecule has 1 aliphatic heterocycles. The summed E-state index contributed by atoms with van der Waals surface area (Å²) in [5.74, 6) is 0. The van der Waals surface area contributed by atoms with Crippen LogP contribution in [0.1, 0.15) is 18.4 Å². The third-order valence-corrected chi connectivity index (χ3v) is 3.65. The molecule has 0 amide bonds. The smallest absolute Gasteiger partial charge is 0.0818 e. The minimum absolute atomic E-state index is 0.227. The zero-order valence-electron chi connectivity index (χ0n) is 11.3. The van der Waals surface area contributed by atoms with E-state index in [-0.39, 0.29) is 6.04 Å². The lowest BCUT2D eigenvalue weighted by atomic mass is 10.0. The Morgan fingerprint density at radius 1 is 1.26 bits per heavy atom. The molecule has 1 saturated heterocycles. The molecule has 1 heterocycles. The van der Waals surface area contributed by atoms with Gasteiger partial charge in [0.2, 0.25) is 0 Å². The monoisotopic (exact) mass is 264 g/mol. The molecule has 2 unspecified atom stereocenters. The van der Waals surface area contributed by atoms with Gasteiger partial charge in [-0.25, -0.2) is 0 Å². The molecule has 4 N–H and O–H groups in total. The van der Waals surface area contributed by atoms with Crippen molar-refractivity contribution in [1.29, 1.82) is 0 Å². The van der Waals surface area contributed by atoms with Gasteiger partial charge in [0.05, 0.1) is 6.10 Å². The minimum atomic E-state index is -0.511. The fourth-order valence-electron chi connectivity index (χ4n) is 2.36. The summed E-state index contributed by atoms with van der Waals surface area (Å²) in [6, 6.07) is 10.3. The molecule has 1 aromatic rings. The van der Waals surface area contributed by atoms with Gasteiger partial charge in [-0.1, -0.05) is 30.3 Å². The first-order valence-corrected chi connectivity index (χ1v) is 7.04. The Morgan fingerprint density at radius 2 is 1.95 bits per heavy atom. The maximum Gasteiger partial charge on any atom is 0.0818 e. The van der Waals surface area contributed by atoms with Gasteiger partial charge in [-0.15, -0.1) is 0 Å². The minimum Gasteiger partial charge on any atom is -0.390 e. The van der Waals surface area contributed by atoms with Gasteiger partial charge in [-0.05, 0) is 24.8 Å². The number of hydrogen-bond donors (Lipinski definition) is 3. The molecule has 1 aliphatic rings. The lowest BCUT2D eigenvalue weighted by Gasteiger charge is -2.26. The van der Waals surface area contributed by atoms with E-state index in [2.05, 4.69) is 5.32 Å². The van der Waals surface area contributed by atoms with E-state index in [0.717, 1.165) is 26.1 Å². The molecule has 2 rings (SSSR count). The molecule has 0 saturated carbocycles. The van der Waals surface area contributed by atoms with Gasteiger partial charge in [-0.3, -0.25) is 0 Å². The number of ether oxygens (including phenoxy) is 1. The zero-order chi connectivity index (χ0) is 13.5. The lowest BCUT2D eigenvalue weighted by molar-refractivity contribution is 0.0700. The van der Waals surface area contributed by atoms with Gasteiger partial charge in [0.15, 0.2) is 0 Å². The second-order valence-corrected chi connectivity index (χ2v) is 5.22. The molecule has 0 aliphatic carbocycles. The van der Waals surface area contributed by atoms with Gasteiger partial charge >= 0.3 is 0 Å². The van der Waals surface area contributed by atoms with Crippen molar-refractivity contribution >= 4 is 0 Å². The molecule has 2 atom stereocenters. The molecule has 0 spiro atoms. The second kappa shape index (κ2) is 7.60. The van der Waals surface area contributed by atoms with E-state index < -0.39 is 6.10 Å². The van der Waals surface area contributed by atoms with Crippen LogP contribution in [0.4, 0.5) is 0 Å². The predicted molar refractivity (Wildman–Crippen MR) is 76.0 cm³/mol. The number of nitrogens with one attached hydrogen (secondary N) is 1. The normalized spacial score (nSPS) is 20.1. The average molecular weight is 264 g/mol. The van der Waals surface area contributed by atoms with Gasteiger partial charge in [0, 0.05) is 31.8 Å². The Labute approximate surface area is 115 Å². The van der Waals surface area contributed by atoms with Crippen molar-refractivity contribution in [3.05, 3.63) is 35.9 Å². The molecule has 1 fully saturated rings. The van der Waals surface area contributed by atoms with Crippen LogP contribution in [-0.4, -0.2) is 43.1 Å². The first kappa shape index (κ1) is 14.5. The Kier molecular flexibility index (Phi) is 5.79. The van der Waals surface area contributed by atoms with Crippen LogP contribution in [0.3, 0.4) is 0 Å². The van der Waals surface area contributed by atoms with Crippen molar-refractivity contribution in [2.75, 3.05) is 19.8 Å². The van der Waals surface area contributed by atoms with Crippen LogP contribution >= 0.6 is 0 Å². The topological polar surface area (TPSA) is 67.5 Å². The van der Waals surface area contributed by atoms with Crippen molar-refractivity contribution in [3.63, 3.8) is 0 Å². The first-order chi connectivity index (χ1) is 9.25. The number of hydrogen-bond acceptors (Lipinski definition) is 4. The quantitative estimate of drug-likeness (QED) is 0.707. The van der Waals surface area contributed by atoms with Gasteiger partial charge in [0.25, 0.3) is 0 Å². The maximum atomic E-state index is 10.1. The van der Waals surface area contributed by atoms with Crippen LogP contribution in [0.5, 0.6) is 0 Å². The predicted octanol–water partition coefficient (Wildman–Crippen LogP) is 0.686. The standard InChI is InChI=1S/C15H24N2O2/c16-14(10-12-4-2-1-3-5-12)15(18)11-17-13-6-8-19-9-7-13/h1-5,13-15,17-18H,6-11,16H2. The van der Waals surface area contributed by atoms with E-state index in [0.29, 0.717) is 19.0 Å². The summed E-state index contributed by atoms with van der Waals surface area (Å²) >= 11 is 0. The third kappa shape index (κ3) is 4.91. The molecule has 0 radical (unpaired) electrons. The zero-order valence-corrected chi connectivity index (χ0v) is 11.3. The molecule has 106 valence electrons. The van der Waals surface area contributed by atoms with Crippen molar-refractivity contribution in [2.24, 2.45) is 5.73 Å². The highest BCUT2D eigenvalue weighted by atomic mass is 16.5. The van der Waals surface area contributed by atoms with Crippen LogP contribution in [0.2, 0.25) is 0 Å². The Hall–Kier alpha value is -0.940. The fourth-order valence-corrected chi connectivity index (χ4v) is 2.36. The van der Waals surface area contributed by atoms with Crippen LogP contribution in [0, 0.1) is 0 Å². The highest BCUT2D eigenvalue weighted by molar-refractivity contribution is 5.16. The SMILES string of the molecule is NC(Cc1ccccc1)C(O)CNC1CCOCC1. The fraction of sp³-hybridized carbons (Fsp3) is 0.600. The summed E-state index contributed by atoms with van der Waals surface area (Å²) in [5.41, 5.74) is 7.22. The second-order valence-electron chi connectivity index (χ2n) is 5.22. The van der Waals surface area contributed by atoms with Crippen LogP contribution in [0.15, 0.2) is 30.3 Å². The van der Waals surface area contributed by atoms with Crippen molar-refractivity contribution < 1.29 is 9.84 Å². The number of nitrogens with two attached hydrogens (primary N) is 1. The molecular weight excluding hydrogens is 240 g/mol. The van der Waals surface area contributed by atoms with E-state index >= 15 is 0 Å². The molecule has 1 aromatic carbocycles. The van der Waals surface area contributed by atoms with Gasteiger partial charge < -0.3 is 20.9 Å². The summed E-state index contributed by atoms with van der Waals surface area (Å²) in [6.45, 7) is 2.17. The summed E-state index contributed by atoms with van der Waals surface area (Å²) in [6.07, 6.45) is 2.22. The van der Waals surface area contributed by atoms with Gasteiger partial charge in [-0.2, -0.15) is 0 Å². The molecule has 19 heavy (non-hydrogen) atoms. The average Bonchev–Trinajstić information content (AvgIpc) is 2.47. The van der Waals surface area contributed by atoms with Crippen molar-refractivity contribution in [1.82, 2.24) is 5.32 Å². The molecule has 0 bridgehead atoms. The maximum absolute atomic E-state index is 10.1. The van der Waals surface area contributed by atoms with E-state index in [1.54, 1.807) is 0 Å². The summed E-state index contributed by atoms with van der Waals surface area (Å²) < 4.78 is 5.31. The van der Waals surface area contributed by atoms with Crippen molar-refractivity contribution in [2.45, 2.75) is 37.5 Å². The largest absolute Gasteiger partial charge is 0.390 e. The number of aliphatic hydroxyl groups is 1. The van der Waals surface area contributed by atoms with Crippen LogP contribution < -0.4 is 11.1 Å². The Balaban J connectivity index is 1.71. The highest BCUT2D eigenvalue weighted by Gasteiger charge is 2.18. The lowest BCUT2D eigenvalue weighted by Crippen LogP contribution is -2.46. The number of aliphatic hydroxyl groups excluding tert-OH is 1. The number of benzene rings is 1. The van der Waals surface area contributed by atoms with Gasteiger partial charge in [0.1, 0.15) is 0 Å². The number of rotatable bonds is 6. The molecule has 4 nitrogen and oxygen atoms in total. The van der Waals surface area contributed by atoms with Crippen molar-refractivity contribution in [3.8, 4) is 0 Å². The van der Waals surface area contributed by atoms with Crippen LogP contribution in [-0.2, 0) is 11.2 Å². The summed E-state index contributed by atoms with van der Waals surface area (Å²) in [4.78, 5) is 0. The summed E-state index contributed by atoms with van der Waals surface area (Å²) in [5, 5.41) is 13.5. The molecule has 0 aromatic heterocycles. The Bertz CT molecular complexity index is 352. The van der Waals surface area contributed by atoms with Crippen LogP contribution in [0.25, 0.3) is 0 Å². The summed E-state index contributed by atoms with van der Waals surface area (Å²) in [7, 11) is 0.